The lowest BCUT2D eigenvalue weighted by Crippen LogP contribution is -2.58. The zero-order valence-corrected chi connectivity index (χ0v) is 24.0. The molecule has 5 rings (SSSR count). The summed E-state index contributed by atoms with van der Waals surface area (Å²) in [6, 6.07) is 9.95. The van der Waals surface area contributed by atoms with Gasteiger partial charge in [-0.25, -0.2) is 14.8 Å². The second-order valence-corrected chi connectivity index (χ2v) is 10.5. The van der Waals surface area contributed by atoms with Crippen LogP contribution in [0.1, 0.15) is 27.7 Å². The van der Waals surface area contributed by atoms with Crippen molar-refractivity contribution >= 4 is 41.0 Å². The van der Waals surface area contributed by atoms with E-state index in [1.807, 2.05) is 60.9 Å². The van der Waals surface area contributed by atoms with Crippen LogP contribution in [0, 0.1) is 0 Å². The molecule has 4 heterocycles. The van der Waals surface area contributed by atoms with Gasteiger partial charge in [-0.05, 0) is 45.0 Å². The van der Waals surface area contributed by atoms with Gasteiger partial charge >= 0.3 is 6.03 Å². The summed E-state index contributed by atoms with van der Waals surface area (Å²) in [5.74, 6) is 1.87. The summed E-state index contributed by atoms with van der Waals surface area (Å²) in [7, 11) is 0. The summed E-state index contributed by atoms with van der Waals surface area (Å²) in [4.78, 5) is 45.5. The van der Waals surface area contributed by atoms with Crippen LogP contribution >= 0.6 is 0 Å². The van der Waals surface area contributed by atoms with E-state index in [4.69, 9.17) is 5.73 Å². The predicted molar refractivity (Wildman–Crippen MR) is 158 cm³/mol. The topological polar surface area (TPSA) is 154 Å². The third-order valence-corrected chi connectivity index (χ3v) is 7.48. The highest BCUT2D eigenvalue weighted by Crippen LogP contribution is 2.25. The average Bonchev–Trinajstić information content (AvgIpc) is 3.32. The third-order valence-electron chi connectivity index (χ3n) is 7.48. The summed E-state index contributed by atoms with van der Waals surface area (Å²) in [6.45, 7) is 12.5. The zero-order valence-electron chi connectivity index (χ0n) is 24.0. The molecule has 0 saturated carbocycles. The smallest absolute Gasteiger partial charge is 0.317 e. The number of piperazine rings is 2. The number of nitrogens with two attached hydrogens (primary N) is 1. The molecule has 0 radical (unpaired) electrons. The van der Waals surface area contributed by atoms with Crippen LogP contribution in [0.4, 0.5) is 33.9 Å². The Bertz CT molecular complexity index is 1360. The molecular weight excluding hydrogens is 524 g/mol. The molecule has 2 atom stereocenters. The van der Waals surface area contributed by atoms with Crippen molar-refractivity contribution in [2.75, 3.05) is 66.7 Å². The molecule has 14 nitrogen and oxygen atoms in total. The molecule has 2 saturated heterocycles. The molecule has 1 aromatic carbocycles. The molecule has 3 amide bonds. The molecule has 2 aliphatic heterocycles. The first-order valence-corrected chi connectivity index (χ1v) is 14.0. The number of amides is 3. The maximum absolute atomic E-state index is 12.1. The number of urea groups is 1. The number of rotatable bonds is 6. The van der Waals surface area contributed by atoms with Gasteiger partial charge in [0.25, 0.3) is 0 Å². The van der Waals surface area contributed by atoms with Crippen molar-refractivity contribution in [2.45, 2.75) is 39.8 Å². The number of nitrogens with zero attached hydrogens (tertiary/aromatic N) is 9. The average molecular weight is 563 g/mol. The van der Waals surface area contributed by atoms with Crippen molar-refractivity contribution in [1.82, 2.24) is 39.8 Å². The van der Waals surface area contributed by atoms with Crippen molar-refractivity contribution < 1.29 is 9.59 Å². The lowest BCUT2D eigenvalue weighted by Gasteiger charge is -2.44. The van der Waals surface area contributed by atoms with Crippen LogP contribution in [-0.2, 0) is 4.79 Å². The first kappa shape index (κ1) is 27.9. The van der Waals surface area contributed by atoms with E-state index in [0.29, 0.717) is 44.5 Å². The van der Waals surface area contributed by atoms with Gasteiger partial charge in [0, 0.05) is 82.3 Å². The van der Waals surface area contributed by atoms with Crippen LogP contribution in [-0.4, -0.2) is 104 Å². The Balaban J connectivity index is 1.23. The van der Waals surface area contributed by atoms with Crippen LogP contribution < -0.4 is 26.2 Å². The maximum atomic E-state index is 12.1. The minimum atomic E-state index is -0.00667. The molecule has 14 heteroatoms. The van der Waals surface area contributed by atoms with Crippen LogP contribution in [0.2, 0.25) is 0 Å². The number of carbonyl (C=O) groups excluding carboxylic acids is 2. The van der Waals surface area contributed by atoms with Crippen molar-refractivity contribution in [3.63, 3.8) is 0 Å². The molecule has 2 aromatic heterocycles. The fraction of sp³-hybridized carbons (Fsp3) is 0.481. The van der Waals surface area contributed by atoms with Crippen LogP contribution in [0.25, 0.3) is 5.82 Å². The first-order chi connectivity index (χ1) is 19.7. The standard InChI is InChI=1S/C27H38N12O2/c1-5-29-27(41)36-12-10-35(11-13-36)22-8-6-21(7-9-22)32-26-33-25(28)39(34-26)24-14-23(30-17-31-24)37-15-18(2)38(20(4)40)19(3)16-37/h6-9,14,17-19H,5,10-13,15-16H2,1-4H3,(H,29,41)(H3,28,32,33,34)/t18-,19+. The van der Waals surface area contributed by atoms with E-state index >= 15 is 0 Å². The van der Waals surface area contributed by atoms with Crippen LogP contribution in [0.3, 0.4) is 0 Å². The van der Waals surface area contributed by atoms with E-state index in [9.17, 15) is 9.59 Å². The number of nitrogen functional groups attached to an aromatic ring is 1. The molecular formula is C27H38N12O2. The molecule has 2 fully saturated rings. The monoisotopic (exact) mass is 562 g/mol. The number of aromatic nitrogens is 5. The summed E-state index contributed by atoms with van der Waals surface area (Å²) in [5.41, 5.74) is 8.13. The van der Waals surface area contributed by atoms with Gasteiger partial charge in [-0.15, -0.1) is 5.10 Å². The van der Waals surface area contributed by atoms with Gasteiger partial charge in [0.1, 0.15) is 12.1 Å². The SMILES string of the molecule is CCNC(=O)N1CCN(c2ccc(Nc3nc(N)n(-c4cc(N5C[C@@H](C)N(C(C)=O)[C@@H](C)C5)ncn4)n3)cc2)CC1. The molecule has 3 aromatic rings. The molecule has 41 heavy (non-hydrogen) atoms. The van der Waals surface area contributed by atoms with Crippen LogP contribution in [0.15, 0.2) is 36.7 Å². The van der Waals surface area contributed by atoms with E-state index in [1.165, 1.54) is 11.0 Å². The third kappa shape index (κ3) is 6.10. The molecule has 2 aliphatic rings. The number of benzene rings is 1. The van der Waals surface area contributed by atoms with Gasteiger partial charge in [0.05, 0.1) is 0 Å². The highest BCUT2D eigenvalue weighted by molar-refractivity contribution is 5.75. The van der Waals surface area contributed by atoms with E-state index in [1.54, 1.807) is 6.92 Å². The Morgan fingerprint density at radius 2 is 1.63 bits per heavy atom. The molecule has 4 N–H and O–H groups in total. The number of carbonyl (C=O) groups is 2. The van der Waals surface area contributed by atoms with Gasteiger partial charge in [-0.1, -0.05) is 0 Å². The highest BCUT2D eigenvalue weighted by atomic mass is 16.2. The molecule has 0 unspecified atom stereocenters. The van der Waals surface area contributed by atoms with E-state index in [2.05, 4.69) is 40.5 Å². The van der Waals surface area contributed by atoms with Gasteiger partial charge < -0.3 is 36.0 Å². The van der Waals surface area contributed by atoms with E-state index < -0.39 is 0 Å². The predicted octanol–water partition coefficient (Wildman–Crippen LogP) is 1.68. The van der Waals surface area contributed by atoms with Gasteiger partial charge in [0.2, 0.25) is 17.8 Å². The molecule has 0 aliphatic carbocycles. The Morgan fingerprint density at radius 1 is 0.976 bits per heavy atom. The fourth-order valence-electron chi connectivity index (χ4n) is 5.62. The van der Waals surface area contributed by atoms with Gasteiger partial charge in [-0.3, -0.25) is 4.79 Å². The van der Waals surface area contributed by atoms with Crippen LogP contribution in [0.5, 0.6) is 0 Å². The fourth-order valence-corrected chi connectivity index (χ4v) is 5.62. The largest absolute Gasteiger partial charge is 0.368 e. The summed E-state index contributed by atoms with van der Waals surface area (Å²) < 4.78 is 1.48. The number of hydrogen-bond acceptors (Lipinski definition) is 10. The minimum absolute atomic E-state index is 0.00667. The highest BCUT2D eigenvalue weighted by Gasteiger charge is 2.32. The Hall–Kier alpha value is -4.62. The normalized spacial score (nSPS) is 19.3. The van der Waals surface area contributed by atoms with Gasteiger partial charge in [0.15, 0.2) is 5.82 Å². The summed E-state index contributed by atoms with van der Waals surface area (Å²) in [6.07, 6.45) is 1.49. The Morgan fingerprint density at radius 3 is 2.27 bits per heavy atom. The lowest BCUT2D eigenvalue weighted by atomic mass is 10.1. The van der Waals surface area contributed by atoms with E-state index in [0.717, 1.165) is 30.3 Å². The van der Waals surface area contributed by atoms with E-state index in [-0.39, 0.29) is 30.0 Å². The van der Waals surface area contributed by atoms with Crippen molar-refractivity contribution in [3.8, 4) is 5.82 Å². The number of hydrogen-bond donors (Lipinski definition) is 3. The Labute approximate surface area is 239 Å². The quantitative estimate of drug-likeness (QED) is 0.404. The first-order valence-electron chi connectivity index (χ1n) is 14.0. The zero-order chi connectivity index (χ0) is 29.1. The summed E-state index contributed by atoms with van der Waals surface area (Å²) in [5, 5.41) is 10.6. The lowest BCUT2D eigenvalue weighted by molar-refractivity contribution is -0.133. The van der Waals surface area contributed by atoms with Crippen molar-refractivity contribution in [3.05, 3.63) is 36.7 Å². The maximum Gasteiger partial charge on any atom is 0.317 e. The molecule has 218 valence electrons. The second kappa shape index (κ2) is 11.9. The summed E-state index contributed by atoms with van der Waals surface area (Å²) >= 11 is 0. The number of anilines is 5. The van der Waals surface area contributed by atoms with Crippen molar-refractivity contribution in [2.24, 2.45) is 0 Å². The molecule has 0 bridgehead atoms. The Kier molecular flexibility index (Phi) is 8.08. The number of nitrogens with one attached hydrogen (secondary N) is 2. The molecule has 0 spiro atoms. The van der Waals surface area contributed by atoms with Crippen molar-refractivity contribution in [1.29, 1.82) is 0 Å². The minimum Gasteiger partial charge on any atom is -0.368 e. The second-order valence-electron chi connectivity index (χ2n) is 10.5. The van der Waals surface area contributed by atoms with Gasteiger partial charge in [-0.2, -0.15) is 9.67 Å².